The first kappa shape index (κ1) is 39.0. The number of para-hydroxylation sites is 3. The van der Waals surface area contributed by atoms with Gasteiger partial charge in [-0.1, -0.05) is 170 Å². The van der Waals surface area contributed by atoms with Crippen LogP contribution in [0.5, 0.6) is 11.5 Å². The zero-order chi connectivity index (χ0) is 44.0. The smallest absolute Gasteiger partial charge is 0.127 e. The molecule has 12 rings (SSSR count). The maximum atomic E-state index is 6.37. The molecule has 1 unspecified atom stereocenters. The van der Waals surface area contributed by atoms with E-state index in [2.05, 4.69) is 241 Å². The monoisotopic (exact) mass is 844 g/mol. The van der Waals surface area contributed by atoms with E-state index in [0.29, 0.717) is 0 Å². The molecule has 10 aromatic carbocycles. The molecule has 1 atom stereocenters. The molecule has 0 bridgehead atoms. The molecule has 3 heteroatoms. The van der Waals surface area contributed by atoms with E-state index in [9.17, 15) is 0 Å². The molecule has 0 amide bonds. The molecule has 3 nitrogen and oxygen atoms in total. The number of hydrogen-bond donors (Lipinski definition) is 0. The third-order valence-corrected chi connectivity index (χ3v) is 13.3. The Morgan fingerprint density at radius 2 is 0.970 bits per heavy atom. The number of anilines is 3. The molecule has 312 valence electrons. The van der Waals surface area contributed by atoms with Gasteiger partial charge in [-0.3, -0.25) is 0 Å². The summed E-state index contributed by atoms with van der Waals surface area (Å²) >= 11 is 0. The molecule has 0 aliphatic heterocycles. The highest BCUT2D eigenvalue weighted by molar-refractivity contribution is 6.10. The van der Waals surface area contributed by atoms with Crippen LogP contribution in [-0.2, 0) is 5.41 Å². The summed E-state index contributed by atoms with van der Waals surface area (Å²) in [6.45, 7) is 3.89. The van der Waals surface area contributed by atoms with Crippen molar-refractivity contribution in [3.05, 3.63) is 283 Å². The molecule has 66 heavy (non-hydrogen) atoms. The Bertz CT molecular complexity index is 3540. The minimum Gasteiger partial charge on any atom is -0.457 e. The fraction of sp³-hybridized carbons (Fsp3) is 0.0159. The van der Waals surface area contributed by atoms with E-state index < -0.39 is 5.41 Å². The van der Waals surface area contributed by atoms with Gasteiger partial charge in [-0.05, 0) is 141 Å². The highest BCUT2D eigenvalue weighted by Crippen LogP contribution is 2.57. The summed E-state index contributed by atoms with van der Waals surface area (Å²) in [5, 5.41) is 2.48. The van der Waals surface area contributed by atoms with Crippen molar-refractivity contribution in [2.45, 2.75) is 5.41 Å². The normalized spacial score (nSPS) is 13.9. The van der Waals surface area contributed by atoms with Crippen LogP contribution in [0.4, 0.5) is 17.1 Å². The van der Waals surface area contributed by atoms with Crippen LogP contribution in [0.25, 0.3) is 55.8 Å². The molecular weight excluding hydrogens is 801 g/mol. The SMILES string of the molecule is C=Cc1ccc(Oc2ccc(C3(c4ccccc4)c4ccccc4-c4ccc(N(c5ccccc5)c5ccc(-c6ccc7c(c6)c6ccccc6n7-c6ccccc6)cc5)cc43)cc2)cc1. The molecule has 1 aliphatic carbocycles. The molecule has 1 heterocycles. The van der Waals surface area contributed by atoms with Gasteiger partial charge in [0.05, 0.1) is 16.4 Å². The molecule has 0 fully saturated rings. The number of aromatic nitrogens is 1. The maximum Gasteiger partial charge on any atom is 0.127 e. The molecule has 0 saturated heterocycles. The quantitative estimate of drug-likeness (QED) is 0.136. The Morgan fingerprint density at radius 3 is 1.71 bits per heavy atom. The lowest BCUT2D eigenvalue weighted by Crippen LogP contribution is -2.28. The molecule has 0 saturated carbocycles. The molecule has 0 spiro atoms. The fourth-order valence-electron chi connectivity index (χ4n) is 10.3. The maximum absolute atomic E-state index is 6.37. The second-order valence-corrected chi connectivity index (χ2v) is 16.9. The Labute approximate surface area is 385 Å². The van der Waals surface area contributed by atoms with Crippen LogP contribution in [0.3, 0.4) is 0 Å². The fourth-order valence-corrected chi connectivity index (χ4v) is 10.3. The van der Waals surface area contributed by atoms with Crippen molar-refractivity contribution >= 4 is 44.9 Å². The largest absolute Gasteiger partial charge is 0.457 e. The van der Waals surface area contributed by atoms with Gasteiger partial charge in [0.15, 0.2) is 0 Å². The average molecular weight is 845 g/mol. The van der Waals surface area contributed by atoms with Crippen molar-refractivity contribution in [2.75, 3.05) is 4.90 Å². The third-order valence-electron chi connectivity index (χ3n) is 13.3. The van der Waals surface area contributed by atoms with Gasteiger partial charge in [0.2, 0.25) is 0 Å². The number of benzene rings is 10. The average Bonchev–Trinajstić information content (AvgIpc) is 3.88. The van der Waals surface area contributed by atoms with Crippen LogP contribution in [0.15, 0.2) is 255 Å². The van der Waals surface area contributed by atoms with Gasteiger partial charge < -0.3 is 14.2 Å². The van der Waals surface area contributed by atoms with Crippen LogP contribution in [0, 0.1) is 0 Å². The van der Waals surface area contributed by atoms with Crippen LogP contribution in [-0.4, -0.2) is 4.57 Å². The number of fused-ring (bicyclic) bond motifs is 6. The third kappa shape index (κ3) is 6.44. The van der Waals surface area contributed by atoms with Crippen LogP contribution in [0.1, 0.15) is 27.8 Å². The second-order valence-electron chi connectivity index (χ2n) is 16.9. The van der Waals surface area contributed by atoms with Crippen LogP contribution < -0.4 is 9.64 Å². The number of hydrogen-bond acceptors (Lipinski definition) is 2. The van der Waals surface area contributed by atoms with Crippen LogP contribution >= 0.6 is 0 Å². The number of ether oxygens (including phenoxy) is 1. The minimum atomic E-state index is -0.595. The van der Waals surface area contributed by atoms with Crippen LogP contribution in [0.2, 0.25) is 0 Å². The molecule has 1 aliphatic rings. The Kier molecular flexibility index (Phi) is 9.54. The van der Waals surface area contributed by atoms with Crippen molar-refractivity contribution in [1.82, 2.24) is 4.57 Å². The van der Waals surface area contributed by atoms with Gasteiger partial charge in [0, 0.05) is 33.5 Å². The summed E-state index contributed by atoms with van der Waals surface area (Å²) in [5.74, 6) is 1.57. The first-order valence-electron chi connectivity index (χ1n) is 22.5. The van der Waals surface area contributed by atoms with E-state index in [0.717, 1.165) is 39.8 Å². The highest BCUT2D eigenvalue weighted by Gasteiger charge is 2.46. The summed E-state index contributed by atoms with van der Waals surface area (Å²) in [7, 11) is 0. The summed E-state index contributed by atoms with van der Waals surface area (Å²) in [4.78, 5) is 2.38. The molecule has 11 aromatic rings. The van der Waals surface area contributed by atoms with Gasteiger partial charge in [0.1, 0.15) is 11.5 Å². The molecule has 1 aromatic heterocycles. The highest BCUT2D eigenvalue weighted by atomic mass is 16.5. The zero-order valence-electron chi connectivity index (χ0n) is 36.3. The topological polar surface area (TPSA) is 17.4 Å². The molecule has 0 radical (unpaired) electrons. The van der Waals surface area contributed by atoms with E-state index in [1.54, 1.807) is 0 Å². The molecular formula is C63H44N2O. The van der Waals surface area contributed by atoms with Crippen molar-refractivity contribution in [3.8, 4) is 39.4 Å². The van der Waals surface area contributed by atoms with Gasteiger partial charge in [-0.15, -0.1) is 0 Å². The van der Waals surface area contributed by atoms with E-state index in [-0.39, 0.29) is 0 Å². The van der Waals surface area contributed by atoms with Crippen molar-refractivity contribution in [2.24, 2.45) is 0 Å². The van der Waals surface area contributed by atoms with Gasteiger partial charge in [-0.25, -0.2) is 0 Å². The number of rotatable bonds is 10. The van der Waals surface area contributed by atoms with E-state index in [1.165, 1.54) is 66.3 Å². The summed E-state index contributed by atoms with van der Waals surface area (Å²) in [5.41, 5.74) is 17.0. The standard InChI is InChI=1S/C63H44N2O/c1-2-44-26-36-53(37-27-44)66-54-38-31-48(32-39-54)63(47-16-6-3-7-17-47)59-24-14-12-22-55(59)56-40-35-52(43-60(56)63)64(49-18-8-4-9-19-49)51-33-28-45(29-34-51)46-30-41-62-58(42-46)57-23-13-15-25-61(57)65(62)50-20-10-5-11-21-50/h2-43H,1H2. The van der Waals surface area contributed by atoms with E-state index >= 15 is 0 Å². The van der Waals surface area contributed by atoms with Crippen molar-refractivity contribution < 1.29 is 4.74 Å². The second kappa shape index (κ2) is 16.2. The Balaban J connectivity index is 0.970. The molecule has 0 N–H and O–H groups in total. The Morgan fingerprint density at radius 1 is 0.409 bits per heavy atom. The lowest BCUT2D eigenvalue weighted by Gasteiger charge is -2.35. The van der Waals surface area contributed by atoms with Crippen molar-refractivity contribution in [1.29, 1.82) is 0 Å². The zero-order valence-corrected chi connectivity index (χ0v) is 36.3. The lowest BCUT2D eigenvalue weighted by molar-refractivity contribution is 0.482. The number of nitrogens with zero attached hydrogens (tertiary/aromatic N) is 2. The predicted molar refractivity (Wildman–Crippen MR) is 275 cm³/mol. The van der Waals surface area contributed by atoms with E-state index in [4.69, 9.17) is 4.74 Å². The lowest BCUT2D eigenvalue weighted by atomic mass is 9.67. The van der Waals surface area contributed by atoms with Gasteiger partial charge in [0.25, 0.3) is 0 Å². The van der Waals surface area contributed by atoms with Crippen molar-refractivity contribution in [3.63, 3.8) is 0 Å². The first-order chi connectivity index (χ1) is 32.7. The summed E-state index contributed by atoms with van der Waals surface area (Å²) in [6.07, 6.45) is 1.84. The minimum absolute atomic E-state index is 0.595. The summed E-state index contributed by atoms with van der Waals surface area (Å²) in [6, 6.07) is 89.5. The Hall–Kier alpha value is -8.66. The van der Waals surface area contributed by atoms with E-state index in [1.807, 2.05) is 30.3 Å². The van der Waals surface area contributed by atoms with Gasteiger partial charge >= 0.3 is 0 Å². The predicted octanol–water partition coefficient (Wildman–Crippen LogP) is 16.7. The van der Waals surface area contributed by atoms with Gasteiger partial charge in [-0.2, -0.15) is 0 Å². The summed E-state index contributed by atoms with van der Waals surface area (Å²) < 4.78 is 8.74. The first-order valence-corrected chi connectivity index (χ1v) is 22.5.